The van der Waals surface area contributed by atoms with Crippen molar-refractivity contribution in [3.8, 4) is 0 Å². The zero-order chi connectivity index (χ0) is 10.6. The van der Waals surface area contributed by atoms with Crippen molar-refractivity contribution in [2.75, 3.05) is 5.75 Å². The summed E-state index contributed by atoms with van der Waals surface area (Å²) in [5.41, 5.74) is 0.125. The monoisotopic (exact) mass is 217 g/mol. The van der Waals surface area contributed by atoms with Gasteiger partial charge >= 0.3 is 0 Å². The first-order valence-corrected chi connectivity index (χ1v) is 4.58. The van der Waals surface area contributed by atoms with Gasteiger partial charge in [0.25, 0.3) is 0 Å². The molecule has 2 nitrogen and oxygen atoms in total. The van der Waals surface area contributed by atoms with Crippen molar-refractivity contribution < 1.29 is 13.6 Å². The van der Waals surface area contributed by atoms with E-state index in [9.17, 15) is 13.6 Å². The van der Waals surface area contributed by atoms with Crippen LogP contribution in [-0.2, 0) is 11.3 Å². The van der Waals surface area contributed by atoms with Crippen LogP contribution in [0.25, 0.3) is 0 Å². The smallest absolute Gasteiger partial charge is 0.229 e. The number of hydrogen-bond donors (Lipinski definition) is 2. The van der Waals surface area contributed by atoms with Gasteiger partial charge in [0, 0.05) is 12.1 Å². The van der Waals surface area contributed by atoms with Gasteiger partial charge in [-0.15, -0.1) is 0 Å². The Labute approximate surface area is 85.7 Å². The van der Waals surface area contributed by atoms with Crippen molar-refractivity contribution in [1.82, 2.24) is 5.32 Å². The van der Waals surface area contributed by atoms with Crippen molar-refractivity contribution in [2.45, 2.75) is 6.54 Å². The summed E-state index contributed by atoms with van der Waals surface area (Å²) in [6.45, 7) is -0.0248. The SMILES string of the molecule is O=C(CS)NCc1cc(F)ccc1F. The summed E-state index contributed by atoms with van der Waals surface area (Å²) in [4.78, 5) is 10.8. The second kappa shape index (κ2) is 4.95. The molecule has 0 saturated carbocycles. The van der Waals surface area contributed by atoms with E-state index >= 15 is 0 Å². The number of halogens is 2. The summed E-state index contributed by atoms with van der Waals surface area (Å²) in [5.74, 6) is -1.36. The number of carbonyl (C=O) groups is 1. The molecule has 5 heteroatoms. The molecule has 0 aliphatic carbocycles. The maximum atomic E-state index is 13.0. The van der Waals surface area contributed by atoms with Gasteiger partial charge in [0.2, 0.25) is 5.91 Å². The van der Waals surface area contributed by atoms with E-state index in [0.29, 0.717) is 0 Å². The third kappa shape index (κ3) is 2.99. The third-order valence-corrected chi connectivity index (χ3v) is 1.91. The highest BCUT2D eigenvalue weighted by atomic mass is 32.1. The van der Waals surface area contributed by atoms with Crippen molar-refractivity contribution in [1.29, 1.82) is 0 Å². The minimum Gasteiger partial charge on any atom is -0.351 e. The molecule has 0 unspecified atom stereocenters. The fraction of sp³-hybridized carbons (Fsp3) is 0.222. The summed E-state index contributed by atoms with van der Waals surface area (Å²) < 4.78 is 25.6. The minimum absolute atomic E-state index is 0.0247. The quantitative estimate of drug-likeness (QED) is 0.738. The van der Waals surface area contributed by atoms with Crippen LogP contribution in [0.15, 0.2) is 18.2 Å². The molecule has 0 saturated heterocycles. The lowest BCUT2D eigenvalue weighted by atomic mass is 10.2. The number of benzene rings is 1. The normalized spacial score (nSPS) is 9.93. The van der Waals surface area contributed by atoms with Crippen LogP contribution < -0.4 is 5.32 Å². The Balaban J connectivity index is 2.66. The molecule has 0 aromatic heterocycles. The Morgan fingerprint density at radius 3 is 2.79 bits per heavy atom. The summed E-state index contributed by atoms with van der Waals surface area (Å²) in [7, 11) is 0. The van der Waals surface area contributed by atoms with Crippen molar-refractivity contribution in [3.63, 3.8) is 0 Å². The summed E-state index contributed by atoms with van der Waals surface area (Å²) in [6.07, 6.45) is 0. The maximum absolute atomic E-state index is 13.0. The Kier molecular flexibility index (Phi) is 3.88. The Morgan fingerprint density at radius 2 is 2.14 bits per heavy atom. The number of amides is 1. The lowest BCUT2D eigenvalue weighted by Crippen LogP contribution is -2.24. The van der Waals surface area contributed by atoms with E-state index < -0.39 is 11.6 Å². The second-order valence-electron chi connectivity index (χ2n) is 2.67. The van der Waals surface area contributed by atoms with E-state index in [1.165, 1.54) is 0 Å². The largest absolute Gasteiger partial charge is 0.351 e. The predicted octanol–water partition coefficient (Wildman–Crippen LogP) is 1.51. The molecule has 1 N–H and O–H groups in total. The highest BCUT2D eigenvalue weighted by Gasteiger charge is 2.04. The molecule has 1 amide bonds. The highest BCUT2D eigenvalue weighted by Crippen LogP contribution is 2.08. The molecule has 0 spiro atoms. The number of hydrogen-bond acceptors (Lipinski definition) is 2. The van der Waals surface area contributed by atoms with Crippen LogP contribution in [-0.4, -0.2) is 11.7 Å². The molecule has 76 valence electrons. The first-order valence-electron chi connectivity index (χ1n) is 3.95. The lowest BCUT2D eigenvalue weighted by Gasteiger charge is -2.04. The Bertz CT molecular complexity index is 344. The van der Waals surface area contributed by atoms with Gasteiger partial charge in [0.15, 0.2) is 0 Å². The van der Waals surface area contributed by atoms with E-state index in [1.807, 2.05) is 0 Å². The summed E-state index contributed by atoms with van der Waals surface area (Å²) in [5, 5.41) is 2.39. The molecular weight excluding hydrogens is 208 g/mol. The van der Waals surface area contributed by atoms with Crippen LogP contribution in [0, 0.1) is 11.6 Å². The first-order chi connectivity index (χ1) is 6.63. The molecule has 0 aliphatic rings. The van der Waals surface area contributed by atoms with E-state index in [2.05, 4.69) is 17.9 Å². The van der Waals surface area contributed by atoms with Gasteiger partial charge in [-0.25, -0.2) is 8.78 Å². The molecular formula is C9H9F2NOS. The molecule has 0 aliphatic heterocycles. The molecule has 1 aromatic rings. The van der Waals surface area contributed by atoms with E-state index in [1.54, 1.807) is 0 Å². The molecule has 0 fully saturated rings. The van der Waals surface area contributed by atoms with Crippen LogP contribution in [0.4, 0.5) is 8.78 Å². The predicted molar refractivity (Wildman–Crippen MR) is 52.1 cm³/mol. The third-order valence-electron chi connectivity index (χ3n) is 1.63. The first kappa shape index (κ1) is 11.0. The summed E-state index contributed by atoms with van der Waals surface area (Å²) >= 11 is 3.73. The zero-order valence-electron chi connectivity index (χ0n) is 7.26. The molecule has 0 bridgehead atoms. The van der Waals surface area contributed by atoms with Gasteiger partial charge in [-0.2, -0.15) is 12.6 Å². The standard InChI is InChI=1S/C9H9F2NOS/c10-7-1-2-8(11)6(3-7)4-12-9(13)5-14/h1-3,14H,4-5H2,(H,12,13). The average molecular weight is 217 g/mol. The Morgan fingerprint density at radius 1 is 1.43 bits per heavy atom. The van der Waals surface area contributed by atoms with Gasteiger partial charge in [0.05, 0.1) is 5.75 Å². The van der Waals surface area contributed by atoms with E-state index in [0.717, 1.165) is 18.2 Å². The molecule has 0 radical (unpaired) electrons. The Hall–Kier alpha value is -1.10. The average Bonchev–Trinajstić information content (AvgIpc) is 2.19. The minimum atomic E-state index is -0.536. The molecule has 0 heterocycles. The summed E-state index contributed by atoms with van der Waals surface area (Å²) in [6, 6.07) is 3.10. The van der Waals surface area contributed by atoms with Gasteiger partial charge in [-0.3, -0.25) is 4.79 Å². The van der Waals surface area contributed by atoms with Crippen LogP contribution in [0.2, 0.25) is 0 Å². The number of nitrogens with one attached hydrogen (secondary N) is 1. The van der Waals surface area contributed by atoms with Crippen LogP contribution >= 0.6 is 12.6 Å². The molecule has 1 rings (SSSR count). The van der Waals surface area contributed by atoms with Gasteiger partial charge in [0.1, 0.15) is 11.6 Å². The highest BCUT2D eigenvalue weighted by molar-refractivity contribution is 7.81. The van der Waals surface area contributed by atoms with Crippen LogP contribution in [0.3, 0.4) is 0 Å². The number of rotatable bonds is 3. The van der Waals surface area contributed by atoms with Crippen molar-refractivity contribution in [2.24, 2.45) is 0 Å². The molecule has 14 heavy (non-hydrogen) atoms. The lowest BCUT2D eigenvalue weighted by molar-refractivity contribution is -0.118. The second-order valence-corrected chi connectivity index (χ2v) is 2.99. The molecule has 1 aromatic carbocycles. The van der Waals surface area contributed by atoms with Crippen LogP contribution in [0.1, 0.15) is 5.56 Å². The number of carbonyl (C=O) groups excluding carboxylic acids is 1. The van der Waals surface area contributed by atoms with E-state index in [4.69, 9.17) is 0 Å². The zero-order valence-corrected chi connectivity index (χ0v) is 8.15. The van der Waals surface area contributed by atoms with Crippen LogP contribution in [0.5, 0.6) is 0 Å². The number of thiol groups is 1. The van der Waals surface area contributed by atoms with Gasteiger partial charge in [-0.1, -0.05) is 0 Å². The molecule has 0 atom stereocenters. The van der Waals surface area contributed by atoms with Crippen molar-refractivity contribution in [3.05, 3.63) is 35.4 Å². The fourth-order valence-corrected chi connectivity index (χ4v) is 1.04. The maximum Gasteiger partial charge on any atom is 0.229 e. The fourth-order valence-electron chi connectivity index (χ4n) is 0.928. The van der Waals surface area contributed by atoms with E-state index in [-0.39, 0.29) is 23.8 Å². The van der Waals surface area contributed by atoms with Gasteiger partial charge < -0.3 is 5.32 Å². The topological polar surface area (TPSA) is 29.1 Å². The van der Waals surface area contributed by atoms with Crippen molar-refractivity contribution >= 4 is 18.5 Å². The van der Waals surface area contributed by atoms with Gasteiger partial charge in [-0.05, 0) is 18.2 Å².